The molecule has 1 aliphatic rings. The summed E-state index contributed by atoms with van der Waals surface area (Å²) in [6.07, 6.45) is 1.01. The van der Waals surface area contributed by atoms with Crippen LogP contribution in [0, 0.1) is 11.8 Å². The standard InChI is InChI=1S/C41H52F3N7O5/c1-31(2)38-29-50(48-47-38)17-20-53-22-24-55-26-25-54-23-21-52-19-16-49-14-10-33(11-15-49)46-37-6-3-7-39-36(37)28-35(51(39)30-41(42,43)44)5-4-13-45-34-8-9-40-32(27-34)12-18-56-40/h3,6-9,12,18,27-29,31,33,45-46H,10-11,13-17,19-26,30H2,1-2H3. The van der Waals surface area contributed by atoms with Crippen molar-refractivity contribution in [3.63, 3.8) is 0 Å². The van der Waals surface area contributed by atoms with Crippen LogP contribution in [0.3, 0.4) is 0 Å². The number of ether oxygens (including phenoxy) is 4. The van der Waals surface area contributed by atoms with Gasteiger partial charge in [-0.15, -0.1) is 5.10 Å². The molecule has 6 rings (SSSR count). The minimum atomic E-state index is -4.39. The zero-order chi connectivity index (χ0) is 39.2. The maximum Gasteiger partial charge on any atom is 0.406 e. The number of halogens is 3. The second-order valence-corrected chi connectivity index (χ2v) is 14.1. The Morgan fingerprint density at radius 2 is 1.61 bits per heavy atom. The van der Waals surface area contributed by atoms with Gasteiger partial charge in [-0.2, -0.15) is 13.2 Å². The molecule has 1 saturated heterocycles. The van der Waals surface area contributed by atoms with E-state index in [0.29, 0.717) is 76.5 Å². The van der Waals surface area contributed by atoms with Crippen molar-refractivity contribution in [2.75, 3.05) is 89.7 Å². The maximum atomic E-state index is 13.7. The lowest BCUT2D eigenvalue weighted by Crippen LogP contribution is -2.40. The molecule has 15 heteroatoms. The average molecular weight is 780 g/mol. The van der Waals surface area contributed by atoms with Crippen molar-refractivity contribution in [1.29, 1.82) is 0 Å². The topological polar surface area (TPSA) is 113 Å². The van der Waals surface area contributed by atoms with E-state index in [4.69, 9.17) is 23.4 Å². The molecule has 2 N–H and O–H groups in total. The Kier molecular flexibility index (Phi) is 15.1. The van der Waals surface area contributed by atoms with Crippen LogP contribution in [-0.2, 0) is 32.0 Å². The summed E-state index contributed by atoms with van der Waals surface area (Å²) in [5, 5.41) is 16.8. The van der Waals surface area contributed by atoms with Gasteiger partial charge in [-0.25, -0.2) is 4.68 Å². The van der Waals surface area contributed by atoms with Crippen LogP contribution in [0.15, 0.2) is 65.4 Å². The third-order valence-corrected chi connectivity index (χ3v) is 9.56. The van der Waals surface area contributed by atoms with E-state index >= 15 is 0 Å². The number of alkyl halides is 3. The molecule has 12 nitrogen and oxygen atoms in total. The third kappa shape index (κ3) is 12.5. The fourth-order valence-corrected chi connectivity index (χ4v) is 6.54. The average Bonchev–Trinajstić information content (AvgIpc) is 3.93. The highest BCUT2D eigenvalue weighted by Crippen LogP contribution is 2.31. The van der Waals surface area contributed by atoms with Gasteiger partial charge in [-0.3, -0.25) is 0 Å². The van der Waals surface area contributed by atoms with Gasteiger partial charge in [0.05, 0.1) is 89.1 Å². The lowest BCUT2D eigenvalue weighted by molar-refractivity contribution is -0.140. The number of hydrogen-bond acceptors (Lipinski definition) is 10. The number of piperidine rings is 1. The van der Waals surface area contributed by atoms with E-state index in [0.717, 1.165) is 65.9 Å². The number of fused-ring (bicyclic) bond motifs is 2. The van der Waals surface area contributed by atoms with Gasteiger partial charge in [-0.05, 0) is 67.1 Å². The molecule has 3 aromatic heterocycles. The molecule has 302 valence electrons. The van der Waals surface area contributed by atoms with Gasteiger partial charge in [0, 0.05) is 54.0 Å². The summed E-state index contributed by atoms with van der Waals surface area (Å²) in [5.74, 6) is 6.35. The summed E-state index contributed by atoms with van der Waals surface area (Å²) in [4.78, 5) is 2.37. The fourth-order valence-electron chi connectivity index (χ4n) is 6.54. The first-order valence-corrected chi connectivity index (χ1v) is 19.3. The van der Waals surface area contributed by atoms with Crippen molar-refractivity contribution in [3.05, 3.63) is 72.4 Å². The van der Waals surface area contributed by atoms with Crippen LogP contribution < -0.4 is 10.6 Å². The molecule has 0 radical (unpaired) electrons. The number of furan rings is 1. The molecule has 0 spiro atoms. The van der Waals surface area contributed by atoms with E-state index in [1.165, 1.54) is 4.57 Å². The summed E-state index contributed by atoms with van der Waals surface area (Å²) in [5.41, 5.74) is 4.26. The van der Waals surface area contributed by atoms with Crippen LogP contribution in [-0.4, -0.2) is 116 Å². The molecule has 0 saturated carbocycles. The Bertz CT molecular complexity index is 2010. The van der Waals surface area contributed by atoms with Crippen LogP contribution in [0.1, 0.15) is 44.0 Å². The Balaban J connectivity index is 0.851. The molecule has 4 heterocycles. The van der Waals surface area contributed by atoms with Gasteiger partial charge in [-0.1, -0.05) is 31.0 Å². The molecule has 0 aliphatic carbocycles. The van der Waals surface area contributed by atoms with Crippen LogP contribution >= 0.6 is 0 Å². The van der Waals surface area contributed by atoms with E-state index in [-0.39, 0.29) is 12.6 Å². The second kappa shape index (κ2) is 20.5. The Labute approximate surface area is 325 Å². The van der Waals surface area contributed by atoms with Gasteiger partial charge in [0.1, 0.15) is 12.1 Å². The molecule has 56 heavy (non-hydrogen) atoms. The van der Waals surface area contributed by atoms with Crippen molar-refractivity contribution in [2.24, 2.45) is 0 Å². The van der Waals surface area contributed by atoms with Crippen molar-refractivity contribution < 1.29 is 36.5 Å². The molecule has 0 amide bonds. The number of hydrogen-bond donors (Lipinski definition) is 2. The molecule has 2 aromatic carbocycles. The van der Waals surface area contributed by atoms with E-state index in [1.807, 2.05) is 36.5 Å². The monoisotopic (exact) mass is 779 g/mol. The van der Waals surface area contributed by atoms with E-state index in [1.54, 1.807) is 29.1 Å². The lowest BCUT2D eigenvalue weighted by atomic mass is 10.0. The first-order valence-electron chi connectivity index (χ1n) is 19.3. The minimum absolute atomic E-state index is 0.204. The van der Waals surface area contributed by atoms with E-state index < -0.39 is 12.7 Å². The first-order chi connectivity index (χ1) is 27.2. The molecule has 0 bridgehead atoms. The van der Waals surface area contributed by atoms with Crippen molar-refractivity contribution in [3.8, 4) is 11.8 Å². The highest BCUT2D eigenvalue weighted by Gasteiger charge is 2.30. The first kappa shape index (κ1) is 41.1. The number of benzene rings is 2. The van der Waals surface area contributed by atoms with Gasteiger partial charge in [0.2, 0.25) is 0 Å². The van der Waals surface area contributed by atoms with Crippen LogP contribution in [0.4, 0.5) is 24.5 Å². The van der Waals surface area contributed by atoms with Gasteiger partial charge in [0.25, 0.3) is 0 Å². The molecule has 1 aliphatic heterocycles. The molecular weight excluding hydrogens is 727 g/mol. The highest BCUT2D eigenvalue weighted by molar-refractivity contribution is 5.94. The van der Waals surface area contributed by atoms with Crippen molar-refractivity contribution in [1.82, 2.24) is 24.5 Å². The second-order valence-electron chi connectivity index (χ2n) is 14.1. The Morgan fingerprint density at radius 3 is 2.30 bits per heavy atom. The number of aromatic nitrogens is 4. The van der Waals surface area contributed by atoms with Crippen molar-refractivity contribution >= 4 is 33.2 Å². The predicted octanol–water partition coefficient (Wildman–Crippen LogP) is 6.77. The zero-order valence-electron chi connectivity index (χ0n) is 32.2. The predicted molar refractivity (Wildman–Crippen MR) is 210 cm³/mol. The van der Waals surface area contributed by atoms with Gasteiger partial charge < -0.3 is 43.5 Å². The number of anilines is 2. The normalized spacial score (nSPS) is 14.2. The summed E-state index contributed by atoms with van der Waals surface area (Å²) in [6, 6.07) is 15.0. The molecular formula is C41H52F3N7O5. The number of nitrogens with zero attached hydrogens (tertiary/aromatic N) is 5. The minimum Gasteiger partial charge on any atom is -0.464 e. The summed E-state index contributed by atoms with van der Waals surface area (Å²) < 4.78 is 72.1. The Morgan fingerprint density at radius 1 is 0.893 bits per heavy atom. The Hall–Kier alpha value is -4.59. The highest BCUT2D eigenvalue weighted by atomic mass is 19.4. The van der Waals surface area contributed by atoms with Gasteiger partial charge in [0.15, 0.2) is 0 Å². The van der Waals surface area contributed by atoms with Crippen molar-refractivity contribution in [2.45, 2.75) is 57.9 Å². The fraction of sp³-hybridized carbons (Fsp3) is 0.512. The van der Waals surface area contributed by atoms with E-state index in [9.17, 15) is 13.2 Å². The maximum absolute atomic E-state index is 13.7. The number of rotatable bonds is 21. The molecule has 1 fully saturated rings. The lowest BCUT2D eigenvalue weighted by Gasteiger charge is -2.32. The number of likely N-dealkylation sites (tertiary alicyclic amines) is 1. The van der Waals surface area contributed by atoms with E-state index in [2.05, 4.69) is 51.5 Å². The van der Waals surface area contributed by atoms with Crippen LogP contribution in [0.2, 0.25) is 0 Å². The third-order valence-electron chi connectivity index (χ3n) is 9.56. The quantitative estimate of drug-likeness (QED) is 0.0612. The summed E-state index contributed by atoms with van der Waals surface area (Å²) >= 11 is 0. The molecule has 0 unspecified atom stereocenters. The van der Waals surface area contributed by atoms with Gasteiger partial charge >= 0.3 is 6.18 Å². The molecule has 0 atom stereocenters. The SMILES string of the molecule is CC(C)c1cn(CCOCCOCCOCCOCCN2CCC(Nc3cccc4c3cc(C#CCNc3ccc5occc5c3)n4CC(F)(F)F)CC2)nn1. The zero-order valence-corrected chi connectivity index (χ0v) is 32.2. The number of nitrogens with one attached hydrogen (secondary N) is 2. The smallest absolute Gasteiger partial charge is 0.406 e. The van der Waals surface area contributed by atoms with Crippen LogP contribution in [0.5, 0.6) is 0 Å². The largest absolute Gasteiger partial charge is 0.464 e. The van der Waals surface area contributed by atoms with Crippen LogP contribution in [0.25, 0.3) is 21.9 Å². The summed E-state index contributed by atoms with van der Waals surface area (Å²) in [6.45, 7) is 10.9. The molecule has 5 aromatic rings. The summed E-state index contributed by atoms with van der Waals surface area (Å²) in [7, 11) is 0.